The van der Waals surface area contributed by atoms with Gasteiger partial charge in [-0.15, -0.1) is 11.3 Å². The second-order valence-electron chi connectivity index (χ2n) is 8.61. The SMILES string of the molecule is C/C=C/CNC(=S)N1CCC(c2nc(C(=O)Nc3ccccc3N3CCCCC3)cs2)CC1. The van der Waals surface area contributed by atoms with Crippen LogP contribution >= 0.6 is 23.6 Å². The lowest BCUT2D eigenvalue weighted by Gasteiger charge is -2.33. The molecule has 0 atom stereocenters. The molecule has 6 nitrogen and oxygen atoms in total. The number of thiocarbonyl (C=S) groups is 1. The molecule has 1 aromatic carbocycles. The Morgan fingerprint density at radius 1 is 1.18 bits per heavy atom. The molecule has 176 valence electrons. The number of anilines is 2. The highest BCUT2D eigenvalue weighted by Crippen LogP contribution is 2.32. The second-order valence-corrected chi connectivity index (χ2v) is 9.88. The maximum Gasteiger partial charge on any atom is 0.275 e. The van der Waals surface area contributed by atoms with Gasteiger partial charge in [-0.05, 0) is 63.4 Å². The number of aromatic nitrogens is 1. The molecule has 2 aliphatic heterocycles. The molecule has 4 rings (SSSR count). The molecule has 0 unspecified atom stereocenters. The lowest BCUT2D eigenvalue weighted by atomic mass is 9.98. The van der Waals surface area contributed by atoms with Crippen molar-refractivity contribution in [3.63, 3.8) is 0 Å². The smallest absolute Gasteiger partial charge is 0.275 e. The van der Waals surface area contributed by atoms with Crippen LogP contribution in [-0.4, -0.2) is 53.6 Å². The molecule has 0 spiro atoms. The number of piperidine rings is 2. The average molecular weight is 484 g/mol. The predicted octanol–water partition coefficient (Wildman–Crippen LogP) is 5.02. The number of thiazole rings is 1. The number of benzene rings is 1. The lowest BCUT2D eigenvalue weighted by molar-refractivity contribution is 0.102. The molecular formula is C25H33N5OS2. The number of para-hydroxylation sites is 2. The molecule has 0 bridgehead atoms. The Morgan fingerprint density at radius 2 is 1.94 bits per heavy atom. The summed E-state index contributed by atoms with van der Waals surface area (Å²) >= 11 is 7.11. The first-order chi connectivity index (χ1) is 16.2. The van der Waals surface area contributed by atoms with Crippen molar-refractivity contribution in [1.82, 2.24) is 15.2 Å². The van der Waals surface area contributed by atoms with E-state index in [1.165, 1.54) is 19.3 Å². The largest absolute Gasteiger partial charge is 0.370 e. The van der Waals surface area contributed by atoms with E-state index in [9.17, 15) is 4.79 Å². The minimum atomic E-state index is -0.131. The summed E-state index contributed by atoms with van der Waals surface area (Å²) in [6, 6.07) is 8.09. The third kappa shape index (κ3) is 6.12. The third-order valence-electron chi connectivity index (χ3n) is 6.34. The summed E-state index contributed by atoms with van der Waals surface area (Å²) in [6.07, 6.45) is 9.76. The van der Waals surface area contributed by atoms with Gasteiger partial charge in [-0.1, -0.05) is 24.3 Å². The molecular weight excluding hydrogens is 450 g/mol. The van der Waals surface area contributed by atoms with Gasteiger partial charge in [0.15, 0.2) is 5.11 Å². The van der Waals surface area contributed by atoms with Gasteiger partial charge >= 0.3 is 0 Å². The Labute approximate surface area is 206 Å². The minimum absolute atomic E-state index is 0.131. The number of likely N-dealkylation sites (tertiary alicyclic amines) is 1. The van der Waals surface area contributed by atoms with Gasteiger partial charge in [0.2, 0.25) is 0 Å². The number of carbonyl (C=O) groups excluding carboxylic acids is 1. The van der Waals surface area contributed by atoms with Gasteiger partial charge in [-0.25, -0.2) is 4.98 Å². The van der Waals surface area contributed by atoms with Crippen LogP contribution < -0.4 is 15.5 Å². The van der Waals surface area contributed by atoms with E-state index in [2.05, 4.69) is 32.6 Å². The van der Waals surface area contributed by atoms with Crippen molar-refractivity contribution in [2.45, 2.75) is 44.9 Å². The number of allylic oxidation sites excluding steroid dienone is 1. The number of amides is 1. The Bertz CT molecular complexity index is 975. The van der Waals surface area contributed by atoms with Crippen LogP contribution in [-0.2, 0) is 0 Å². The summed E-state index contributed by atoms with van der Waals surface area (Å²) in [5.41, 5.74) is 2.48. The van der Waals surface area contributed by atoms with Crippen molar-refractivity contribution < 1.29 is 4.79 Å². The van der Waals surface area contributed by atoms with Crippen LogP contribution in [0.4, 0.5) is 11.4 Å². The molecule has 2 N–H and O–H groups in total. The van der Waals surface area contributed by atoms with E-state index in [1.54, 1.807) is 11.3 Å². The summed E-state index contributed by atoms with van der Waals surface area (Å²) < 4.78 is 0. The van der Waals surface area contributed by atoms with Crippen LogP contribution in [0.5, 0.6) is 0 Å². The fourth-order valence-electron chi connectivity index (χ4n) is 4.46. The van der Waals surface area contributed by atoms with Gasteiger partial charge in [0.25, 0.3) is 5.91 Å². The van der Waals surface area contributed by atoms with Gasteiger partial charge in [-0.2, -0.15) is 0 Å². The number of hydrogen-bond donors (Lipinski definition) is 2. The monoisotopic (exact) mass is 483 g/mol. The van der Waals surface area contributed by atoms with Crippen LogP contribution in [0, 0.1) is 0 Å². The highest BCUT2D eigenvalue weighted by Gasteiger charge is 2.25. The standard InChI is InChI=1S/C25H33N5OS2/c1-2-3-13-26-25(32)30-16-11-19(12-17-30)24-28-21(18-33-24)23(31)27-20-9-5-6-10-22(20)29-14-7-4-8-15-29/h2-3,5-6,9-10,18-19H,4,7-8,11-17H2,1H3,(H,26,32)(H,27,31)/b3-2+. The lowest BCUT2D eigenvalue weighted by Crippen LogP contribution is -2.43. The Hall–Kier alpha value is -2.45. The Morgan fingerprint density at radius 3 is 2.70 bits per heavy atom. The number of hydrogen-bond acceptors (Lipinski definition) is 5. The molecule has 0 aliphatic carbocycles. The Balaban J connectivity index is 1.34. The summed E-state index contributed by atoms with van der Waals surface area (Å²) in [7, 11) is 0. The van der Waals surface area contributed by atoms with Crippen molar-refractivity contribution in [2.24, 2.45) is 0 Å². The predicted molar refractivity (Wildman–Crippen MR) is 142 cm³/mol. The molecule has 2 saturated heterocycles. The van der Waals surface area contributed by atoms with E-state index < -0.39 is 0 Å². The van der Waals surface area contributed by atoms with Gasteiger partial charge in [0.05, 0.1) is 16.4 Å². The van der Waals surface area contributed by atoms with Crippen molar-refractivity contribution in [3.8, 4) is 0 Å². The highest BCUT2D eigenvalue weighted by atomic mass is 32.1. The summed E-state index contributed by atoms with van der Waals surface area (Å²) in [6.45, 7) is 6.68. The van der Waals surface area contributed by atoms with E-state index in [0.717, 1.165) is 67.1 Å². The number of nitrogens with one attached hydrogen (secondary N) is 2. The molecule has 33 heavy (non-hydrogen) atoms. The van der Waals surface area contributed by atoms with E-state index in [0.29, 0.717) is 11.6 Å². The molecule has 1 aromatic heterocycles. The molecule has 8 heteroatoms. The van der Waals surface area contributed by atoms with Crippen molar-refractivity contribution >= 4 is 45.9 Å². The summed E-state index contributed by atoms with van der Waals surface area (Å²) in [4.78, 5) is 22.3. The molecule has 2 aromatic rings. The van der Waals surface area contributed by atoms with Crippen molar-refractivity contribution in [2.75, 3.05) is 42.9 Å². The summed E-state index contributed by atoms with van der Waals surface area (Å²) in [5, 5.41) is 10.2. The van der Waals surface area contributed by atoms with E-state index >= 15 is 0 Å². The van der Waals surface area contributed by atoms with Crippen LogP contribution in [0.25, 0.3) is 0 Å². The number of carbonyl (C=O) groups is 1. The first-order valence-corrected chi connectivity index (χ1v) is 13.2. The van der Waals surface area contributed by atoms with Crippen LogP contribution in [0.2, 0.25) is 0 Å². The van der Waals surface area contributed by atoms with Gasteiger partial charge in [-0.3, -0.25) is 4.79 Å². The fourth-order valence-corrected chi connectivity index (χ4v) is 5.70. The van der Waals surface area contributed by atoms with Crippen LogP contribution in [0.3, 0.4) is 0 Å². The van der Waals surface area contributed by atoms with Crippen LogP contribution in [0.15, 0.2) is 41.8 Å². The average Bonchev–Trinajstić information content (AvgIpc) is 3.36. The molecule has 2 aliphatic rings. The number of rotatable bonds is 6. The zero-order valence-corrected chi connectivity index (χ0v) is 20.9. The molecule has 0 saturated carbocycles. The van der Waals surface area contributed by atoms with Crippen LogP contribution in [0.1, 0.15) is 60.4 Å². The highest BCUT2D eigenvalue weighted by molar-refractivity contribution is 7.80. The quantitative estimate of drug-likeness (QED) is 0.445. The molecule has 0 radical (unpaired) electrons. The molecule has 1 amide bonds. The second kappa shape index (κ2) is 11.6. The van der Waals surface area contributed by atoms with Crippen molar-refractivity contribution in [1.29, 1.82) is 0 Å². The van der Waals surface area contributed by atoms with E-state index in [4.69, 9.17) is 17.2 Å². The van der Waals surface area contributed by atoms with Gasteiger partial charge < -0.3 is 20.4 Å². The third-order valence-corrected chi connectivity index (χ3v) is 7.75. The van der Waals surface area contributed by atoms with Crippen molar-refractivity contribution in [3.05, 3.63) is 52.5 Å². The van der Waals surface area contributed by atoms with E-state index in [1.807, 2.05) is 36.6 Å². The minimum Gasteiger partial charge on any atom is -0.370 e. The first kappa shape index (κ1) is 23.7. The molecule has 2 fully saturated rings. The maximum absolute atomic E-state index is 13.0. The van der Waals surface area contributed by atoms with Gasteiger partial charge in [0.1, 0.15) is 5.69 Å². The topological polar surface area (TPSA) is 60.5 Å². The van der Waals surface area contributed by atoms with E-state index in [-0.39, 0.29) is 5.91 Å². The fraction of sp³-hybridized carbons (Fsp3) is 0.480. The summed E-state index contributed by atoms with van der Waals surface area (Å²) in [5.74, 6) is 0.250. The number of nitrogens with zero attached hydrogens (tertiary/aromatic N) is 3. The Kier molecular flexibility index (Phi) is 8.34. The first-order valence-electron chi connectivity index (χ1n) is 11.9. The maximum atomic E-state index is 13.0. The zero-order valence-electron chi connectivity index (χ0n) is 19.3. The molecule has 3 heterocycles. The normalized spacial score (nSPS) is 17.4. The van der Waals surface area contributed by atoms with Gasteiger partial charge in [0, 0.05) is 44.0 Å². The zero-order chi connectivity index (χ0) is 23.0.